The van der Waals surface area contributed by atoms with Gasteiger partial charge in [-0.1, -0.05) is 25.1 Å². The van der Waals surface area contributed by atoms with Gasteiger partial charge >= 0.3 is 0 Å². The molecule has 0 atom stereocenters. The summed E-state index contributed by atoms with van der Waals surface area (Å²) in [5, 5.41) is 3.53. The highest BCUT2D eigenvalue weighted by Gasteiger charge is 2.17. The number of para-hydroxylation sites is 1. The van der Waals surface area contributed by atoms with E-state index in [0.717, 1.165) is 34.4 Å². The Bertz CT molecular complexity index is 754. The van der Waals surface area contributed by atoms with E-state index in [1.165, 1.54) is 18.3 Å². The minimum atomic E-state index is -0.00888. The SMILES string of the molecule is CCc1c(-c2csc(C(C)=O)n2)oc2ccccc12. The van der Waals surface area contributed by atoms with Crippen LogP contribution in [0.3, 0.4) is 0 Å². The van der Waals surface area contributed by atoms with Crippen LogP contribution in [0.25, 0.3) is 22.4 Å². The van der Waals surface area contributed by atoms with Gasteiger partial charge in [0.2, 0.25) is 0 Å². The van der Waals surface area contributed by atoms with Gasteiger partial charge in [0.05, 0.1) is 0 Å². The molecule has 0 aliphatic heterocycles. The Balaban J connectivity index is 2.20. The standard InChI is InChI=1S/C15H13NO2S/c1-3-10-11-6-4-5-7-13(11)18-14(10)12-8-19-15(16-12)9(2)17/h4-8H,3H2,1-2H3. The molecule has 2 aromatic heterocycles. The van der Waals surface area contributed by atoms with Crippen molar-refractivity contribution in [2.75, 3.05) is 0 Å². The number of aromatic nitrogens is 1. The molecule has 2 heterocycles. The van der Waals surface area contributed by atoms with Gasteiger partial charge in [0, 0.05) is 23.3 Å². The first-order chi connectivity index (χ1) is 9.20. The van der Waals surface area contributed by atoms with Crippen LogP contribution < -0.4 is 0 Å². The van der Waals surface area contributed by atoms with Crippen molar-refractivity contribution in [3.8, 4) is 11.5 Å². The summed E-state index contributed by atoms with van der Waals surface area (Å²) < 4.78 is 5.90. The van der Waals surface area contributed by atoms with Crippen LogP contribution >= 0.6 is 11.3 Å². The third-order valence-corrected chi connectivity index (χ3v) is 4.03. The van der Waals surface area contributed by atoms with Gasteiger partial charge in [-0.2, -0.15) is 0 Å². The lowest BCUT2D eigenvalue weighted by molar-refractivity contribution is 0.101. The fraction of sp³-hybridized carbons (Fsp3) is 0.200. The summed E-state index contributed by atoms with van der Waals surface area (Å²) in [6.07, 6.45) is 0.874. The molecule has 0 aliphatic rings. The zero-order valence-corrected chi connectivity index (χ0v) is 11.6. The normalized spacial score (nSPS) is 11.1. The molecule has 0 radical (unpaired) electrons. The number of rotatable bonds is 3. The van der Waals surface area contributed by atoms with Gasteiger partial charge in [-0.05, 0) is 12.5 Å². The monoisotopic (exact) mass is 271 g/mol. The molecule has 3 rings (SSSR count). The third-order valence-electron chi connectivity index (χ3n) is 3.09. The molecule has 0 unspecified atom stereocenters. The first-order valence-electron chi connectivity index (χ1n) is 6.18. The van der Waals surface area contributed by atoms with E-state index in [2.05, 4.69) is 18.0 Å². The van der Waals surface area contributed by atoms with Crippen molar-refractivity contribution in [3.05, 3.63) is 40.2 Å². The van der Waals surface area contributed by atoms with Gasteiger partial charge < -0.3 is 4.42 Å². The van der Waals surface area contributed by atoms with Gasteiger partial charge in [-0.3, -0.25) is 4.79 Å². The highest BCUT2D eigenvalue weighted by molar-refractivity contribution is 7.12. The van der Waals surface area contributed by atoms with Crippen molar-refractivity contribution in [1.82, 2.24) is 4.98 Å². The van der Waals surface area contributed by atoms with Crippen LogP contribution in [-0.2, 0) is 6.42 Å². The molecule has 0 N–H and O–H groups in total. The van der Waals surface area contributed by atoms with E-state index in [9.17, 15) is 4.79 Å². The summed E-state index contributed by atoms with van der Waals surface area (Å²) in [7, 11) is 0. The Labute approximate surface area is 114 Å². The van der Waals surface area contributed by atoms with Crippen molar-refractivity contribution in [2.45, 2.75) is 20.3 Å². The average Bonchev–Trinajstić information content (AvgIpc) is 3.02. The molecule has 0 saturated carbocycles. The van der Waals surface area contributed by atoms with Crippen LogP contribution in [0.15, 0.2) is 34.1 Å². The maximum absolute atomic E-state index is 11.3. The number of Topliss-reactive ketones (excluding diaryl/α,β-unsaturated/α-hetero) is 1. The maximum atomic E-state index is 11.3. The molecule has 4 heteroatoms. The molecular formula is C15H13NO2S. The Morgan fingerprint density at radius 2 is 2.16 bits per heavy atom. The van der Waals surface area contributed by atoms with Crippen LogP contribution in [0.1, 0.15) is 29.2 Å². The zero-order chi connectivity index (χ0) is 13.4. The minimum Gasteiger partial charge on any atom is -0.454 e. The summed E-state index contributed by atoms with van der Waals surface area (Å²) in [5.74, 6) is 0.776. The molecule has 0 bridgehead atoms. The second kappa shape index (κ2) is 4.63. The van der Waals surface area contributed by atoms with Crippen LogP contribution in [0, 0.1) is 0 Å². The van der Waals surface area contributed by atoms with Crippen LogP contribution in [0.5, 0.6) is 0 Å². The predicted octanol–water partition coefficient (Wildman–Crippen LogP) is 4.32. The van der Waals surface area contributed by atoms with E-state index in [4.69, 9.17) is 4.42 Å². The number of hydrogen-bond donors (Lipinski definition) is 0. The lowest BCUT2D eigenvalue weighted by Crippen LogP contribution is -1.90. The molecule has 19 heavy (non-hydrogen) atoms. The summed E-state index contributed by atoms with van der Waals surface area (Å²) in [6.45, 7) is 3.63. The fourth-order valence-electron chi connectivity index (χ4n) is 2.20. The van der Waals surface area contributed by atoms with Gasteiger partial charge in [0.15, 0.2) is 16.6 Å². The molecule has 0 spiro atoms. The Morgan fingerprint density at radius 1 is 1.37 bits per heavy atom. The first-order valence-corrected chi connectivity index (χ1v) is 7.06. The highest BCUT2D eigenvalue weighted by atomic mass is 32.1. The van der Waals surface area contributed by atoms with Gasteiger partial charge in [0.1, 0.15) is 11.3 Å². The van der Waals surface area contributed by atoms with E-state index in [1.54, 1.807) is 0 Å². The van der Waals surface area contributed by atoms with Crippen molar-refractivity contribution in [2.24, 2.45) is 0 Å². The number of nitrogens with zero attached hydrogens (tertiary/aromatic N) is 1. The van der Waals surface area contributed by atoms with Crippen molar-refractivity contribution in [1.29, 1.82) is 0 Å². The lowest BCUT2D eigenvalue weighted by atomic mass is 10.1. The number of carbonyl (C=O) groups is 1. The maximum Gasteiger partial charge on any atom is 0.188 e. The zero-order valence-electron chi connectivity index (χ0n) is 10.8. The van der Waals surface area contributed by atoms with Crippen molar-refractivity contribution < 1.29 is 9.21 Å². The summed E-state index contributed by atoms with van der Waals surface area (Å²) in [6, 6.07) is 7.97. The second-order valence-corrected chi connectivity index (χ2v) is 5.21. The van der Waals surface area contributed by atoms with E-state index < -0.39 is 0 Å². The van der Waals surface area contributed by atoms with E-state index in [-0.39, 0.29) is 5.78 Å². The Kier molecular flexibility index (Phi) is 2.95. The summed E-state index contributed by atoms with van der Waals surface area (Å²) in [4.78, 5) is 15.7. The van der Waals surface area contributed by atoms with Gasteiger partial charge in [-0.25, -0.2) is 4.98 Å². The average molecular weight is 271 g/mol. The molecule has 3 aromatic rings. The Morgan fingerprint density at radius 3 is 2.84 bits per heavy atom. The largest absolute Gasteiger partial charge is 0.454 e. The molecule has 0 saturated heterocycles. The number of furan rings is 1. The van der Waals surface area contributed by atoms with E-state index in [1.807, 2.05) is 23.6 Å². The van der Waals surface area contributed by atoms with Crippen molar-refractivity contribution >= 4 is 28.1 Å². The number of carbonyl (C=O) groups excluding carboxylic acids is 1. The molecule has 0 amide bonds. The fourth-order valence-corrected chi connectivity index (χ4v) is 2.90. The number of ketones is 1. The molecular weight excluding hydrogens is 258 g/mol. The smallest absolute Gasteiger partial charge is 0.188 e. The van der Waals surface area contributed by atoms with E-state index in [0.29, 0.717) is 5.01 Å². The minimum absolute atomic E-state index is 0.00888. The van der Waals surface area contributed by atoms with Gasteiger partial charge in [-0.15, -0.1) is 11.3 Å². The third kappa shape index (κ3) is 1.98. The second-order valence-electron chi connectivity index (χ2n) is 4.35. The topological polar surface area (TPSA) is 43.1 Å². The first kappa shape index (κ1) is 12.1. The molecule has 0 fully saturated rings. The molecule has 0 aliphatic carbocycles. The molecule has 1 aromatic carbocycles. The van der Waals surface area contributed by atoms with Crippen molar-refractivity contribution in [3.63, 3.8) is 0 Å². The number of fused-ring (bicyclic) bond motifs is 1. The summed E-state index contributed by atoms with van der Waals surface area (Å²) >= 11 is 1.36. The van der Waals surface area contributed by atoms with Crippen LogP contribution in [0.2, 0.25) is 0 Å². The molecule has 96 valence electrons. The van der Waals surface area contributed by atoms with E-state index >= 15 is 0 Å². The number of benzene rings is 1. The number of hydrogen-bond acceptors (Lipinski definition) is 4. The number of thiazole rings is 1. The predicted molar refractivity (Wildman–Crippen MR) is 76.7 cm³/mol. The quantitative estimate of drug-likeness (QED) is 0.666. The lowest BCUT2D eigenvalue weighted by Gasteiger charge is -1.95. The van der Waals surface area contributed by atoms with Gasteiger partial charge in [0.25, 0.3) is 0 Å². The van der Waals surface area contributed by atoms with Crippen LogP contribution in [-0.4, -0.2) is 10.8 Å². The number of aryl methyl sites for hydroxylation is 1. The molecule has 3 nitrogen and oxygen atoms in total. The van der Waals surface area contributed by atoms with Crippen LogP contribution in [0.4, 0.5) is 0 Å². The summed E-state index contributed by atoms with van der Waals surface area (Å²) in [5.41, 5.74) is 2.77. The Hall–Kier alpha value is -1.94. The highest BCUT2D eigenvalue weighted by Crippen LogP contribution is 2.34.